The van der Waals surface area contributed by atoms with Gasteiger partial charge in [-0.3, -0.25) is 9.10 Å². The molecule has 0 heterocycles. The van der Waals surface area contributed by atoms with E-state index in [2.05, 4.69) is 5.32 Å². The van der Waals surface area contributed by atoms with Crippen LogP contribution in [0.1, 0.15) is 41.6 Å². The Morgan fingerprint density at radius 1 is 1.11 bits per heavy atom. The van der Waals surface area contributed by atoms with E-state index in [9.17, 15) is 13.2 Å². The van der Waals surface area contributed by atoms with Crippen molar-refractivity contribution in [2.24, 2.45) is 0 Å². The maximum absolute atomic E-state index is 12.9. The van der Waals surface area contributed by atoms with E-state index in [4.69, 9.17) is 11.6 Å². The quantitative estimate of drug-likeness (QED) is 0.811. The lowest BCUT2D eigenvalue weighted by Gasteiger charge is -2.21. The van der Waals surface area contributed by atoms with Crippen LogP contribution in [0.2, 0.25) is 5.02 Å². The van der Waals surface area contributed by atoms with E-state index in [-0.39, 0.29) is 22.4 Å². The van der Waals surface area contributed by atoms with Crippen LogP contribution in [0.4, 0.5) is 5.69 Å². The summed E-state index contributed by atoms with van der Waals surface area (Å²) in [6.45, 7) is 1.90. The Bertz CT molecular complexity index is 936. The number of nitrogens with zero attached hydrogens (tertiary/aromatic N) is 1. The summed E-state index contributed by atoms with van der Waals surface area (Å²) in [5, 5.41) is 3.29. The number of sulfonamides is 1. The highest BCUT2D eigenvalue weighted by atomic mass is 35.5. The lowest BCUT2D eigenvalue weighted by Crippen LogP contribution is -2.33. The van der Waals surface area contributed by atoms with Crippen molar-refractivity contribution in [1.82, 2.24) is 5.32 Å². The summed E-state index contributed by atoms with van der Waals surface area (Å²) in [5.41, 5.74) is 1.65. The van der Waals surface area contributed by atoms with Gasteiger partial charge in [0, 0.05) is 13.1 Å². The fourth-order valence-corrected chi connectivity index (χ4v) is 4.61. The van der Waals surface area contributed by atoms with Gasteiger partial charge in [0.2, 0.25) is 0 Å². The monoisotopic (exact) mass is 406 g/mol. The average molecular weight is 407 g/mol. The minimum Gasteiger partial charge on any atom is -0.349 e. The van der Waals surface area contributed by atoms with Gasteiger partial charge in [-0.25, -0.2) is 8.42 Å². The maximum atomic E-state index is 12.9. The molecule has 144 valence electrons. The van der Waals surface area contributed by atoms with Crippen LogP contribution in [-0.4, -0.2) is 27.4 Å². The van der Waals surface area contributed by atoms with Gasteiger partial charge in [-0.05, 0) is 50.1 Å². The van der Waals surface area contributed by atoms with E-state index < -0.39 is 10.0 Å². The van der Waals surface area contributed by atoms with Gasteiger partial charge in [0.15, 0.2) is 0 Å². The largest absolute Gasteiger partial charge is 0.349 e. The van der Waals surface area contributed by atoms with Gasteiger partial charge in [0.05, 0.1) is 21.2 Å². The van der Waals surface area contributed by atoms with Crippen molar-refractivity contribution in [3.8, 4) is 0 Å². The van der Waals surface area contributed by atoms with E-state index in [1.807, 2.05) is 6.92 Å². The number of hydrogen-bond donors (Lipinski definition) is 1. The molecule has 1 amide bonds. The van der Waals surface area contributed by atoms with E-state index in [1.54, 1.807) is 36.4 Å². The smallest absolute Gasteiger partial charge is 0.264 e. The summed E-state index contributed by atoms with van der Waals surface area (Å²) >= 11 is 6.20. The molecule has 0 spiro atoms. The van der Waals surface area contributed by atoms with Crippen LogP contribution in [0.15, 0.2) is 47.4 Å². The summed E-state index contributed by atoms with van der Waals surface area (Å²) < 4.78 is 26.9. The Morgan fingerprint density at radius 2 is 1.74 bits per heavy atom. The highest BCUT2D eigenvalue weighted by molar-refractivity contribution is 7.92. The van der Waals surface area contributed by atoms with Crippen molar-refractivity contribution in [2.75, 3.05) is 11.4 Å². The molecule has 0 atom stereocenters. The van der Waals surface area contributed by atoms with E-state index >= 15 is 0 Å². The number of rotatable bonds is 5. The second-order valence-electron chi connectivity index (χ2n) is 6.90. The summed E-state index contributed by atoms with van der Waals surface area (Å²) in [5.74, 6) is -0.269. The van der Waals surface area contributed by atoms with Crippen molar-refractivity contribution in [2.45, 2.75) is 43.5 Å². The average Bonchev–Trinajstić information content (AvgIpc) is 3.14. The number of anilines is 1. The highest BCUT2D eigenvalue weighted by Crippen LogP contribution is 2.27. The van der Waals surface area contributed by atoms with Crippen LogP contribution < -0.4 is 9.62 Å². The van der Waals surface area contributed by atoms with Crippen LogP contribution >= 0.6 is 11.6 Å². The molecule has 3 rings (SSSR count). The number of aryl methyl sites for hydroxylation is 1. The van der Waals surface area contributed by atoms with E-state index in [0.29, 0.717) is 10.7 Å². The number of benzene rings is 2. The van der Waals surface area contributed by atoms with Gasteiger partial charge >= 0.3 is 0 Å². The maximum Gasteiger partial charge on any atom is 0.264 e. The minimum atomic E-state index is -3.73. The molecule has 2 aromatic rings. The van der Waals surface area contributed by atoms with Crippen LogP contribution in [0.3, 0.4) is 0 Å². The van der Waals surface area contributed by atoms with Crippen molar-refractivity contribution in [3.63, 3.8) is 0 Å². The van der Waals surface area contributed by atoms with Gasteiger partial charge < -0.3 is 5.32 Å². The van der Waals surface area contributed by atoms with Gasteiger partial charge in [-0.1, -0.05) is 42.1 Å². The Kier molecular flexibility index (Phi) is 5.77. The third-order valence-corrected chi connectivity index (χ3v) is 7.06. The molecule has 0 aromatic heterocycles. The van der Waals surface area contributed by atoms with E-state index in [1.165, 1.54) is 17.4 Å². The highest BCUT2D eigenvalue weighted by Gasteiger charge is 2.24. The lowest BCUT2D eigenvalue weighted by molar-refractivity contribution is 0.0938. The molecule has 0 saturated heterocycles. The van der Waals surface area contributed by atoms with Crippen LogP contribution in [-0.2, 0) is 10.0 Å². The fraction of sp³-hybridized carbons (Fsp3) is 0.350. The molecule has 27 heavy (non-hydrogen) atoms. The van der Waals surface area contributed by atoms with Gasteiger partial charge in [0.1, 0.15) is 0 Å². The first-order valence-corrected chi connectivity index (χ1v) is 10.8. The fourth-order valence-electron chi connectivity index (χ4n) is 3.22. The molecule has 2 aromatic carbocycles. The molecule has 0 aliphatic heterocycles. The lowest BCUT2D eigenvalue weighted by atomic mass is 10.1. The van der Waals surface area contributed by atoms with Gasteiger partial charge in [0.25, 0.3) is 15.9 Å². The number of carbonyl (C=O) groups excluding carboxylic acids is 1. The zero-order valence-corrected chi connectivity index (χ0v) is 17.0. The molecule has 0 unspecified atom stereocenters. The first-order valence-electron chi connectivity index (χ1n) is 8.95. The molecule has 1 saturated carbocycles. The number of nitrogens with one attached hydrogen (secondary N) is 1. The van der Waals surface area contributed by atoms with E-state index in [0.717, 1.165) is 31.2 Å². The molecule has 1 N–H and O–H groups in total. The predicted octanol–water partition coefficient (Wildman–Crippen LogP) is 4.15. The minimum absolute atomic E-state index is 0.159. The van der Waals surface area contributed by atoms with Crippen LogP contribution in [0.25, 0.3) is 0 Å². The zero-order chi connectivity index (χ0) is 19.6. The zero-order valence-electron chi connectivity index (χ0n) is 15.4. The third kappa shape index (κ3) is 4.28. The standard InChI is InChI=1S/C20H23ClN2O3S/c1-14-7-10-17(11-8-14)27(25,26)23(2)16-9-12-19(21)18(13-16)20(24)22-15-5-3-4-6-15/h7-13,15H,3-6H2,1-2H3,(H,22,24). The molecule has 1 aliphatic carbocycles. The van der Waals surface area contributed by atoms with Crippen molar-refractivity contribution in [3.05, 3.63) is 58.6 Å². The van der Waals surface area contributed by atoms with Crippen LogP contribution in [0, 0.1) is 6.92 Å². The van der Waals surface area contributed by atoms with Gasteiger partial charge in [-0.2, -0.15) is 0 Å². The van der Waals surface area contributed by atoms with Crippen LogP contribution in [0.5, 0.6) is 0 Å². The second kappa shape index (κ2) is 7.90. The first-order chi connectivity index (χ1) is 12.8. The molecular formula is C20H23ClN2O3S. The van der Waals surface area contributed by atoms with Crippen molar-refractivity contribution >= 4 is 33.2 Å². The Balaban J connectivity index is 1.87. The Labute approximate surface area is 165 Å². The number of carbonyl (C=O) groups is 1. The Morgan fingerprint density at radius 3 is 2.37 bits per heavy atom. The number of halogens is 1. The molecular weight excluding hydrogens is 384 g/mol. The van der Waals surface area contributed by atoms with Gasteiger partial charge in [-0.15, -0.1) is 0 Å². The molecule has 1 aliphatic rings. The molecule has 7 heteroatoms. The molecule has 5 nitrogen and oxygen atoms in total. The summed E-state index contributed by atoms with van der Waals surface area (Å²) in [7, 11) is -2.26. The van der Waals surface area contributed by atoms with Crippen molar-refractivity contribution < 1.29 is 13.2 Å². The summed E-state index contributed by atoms with van der Waals surface area (Å²) in [6, 6.07) is 11.5. The topological polar surface area (TPSA) is 66.5 Å². The Hall–Kier alpha value is -2.05. The number of amides is 1. The summed E-state index contributed by atoms with van der Waals surface area (Å²) in [4.78, 5) is 12.8. The SMILES string of the molecule is Cc1ccc(S(=O)(=O)N(C)c2ccc(Cl)c(C(=O)NC3CCCC3)c2)cc1. The number of hydrogen-bond acceptors (Lipinski definition) is 3. The molecule has 1 fully saturated rings. The first kappa shape index (κ1) is 19.7. The molecule has 0 bridgehead atoms. The second-order valence-corrected chi connectivity index (χ2v) is 9.28. The molecule has 0 radical (unpaired) electrons. The normalized spacial score (nSPS) is 14.9. The summed E-state index contributed by atoms with van der Waals surface area (Å²) in [6.07, 6.45) is 4.14. The third-order valence-electron chi connectivity index (χ3n) is 4.93. The predicted molar refractivity (Wildman–Crippen MR) is 108 cm³/mol. The van der Waals surface area contributed by atoms with Crippen molar-refractivity contribution in [1.29, 1.82) is 0 Å².